The lowest BCUT2D eigenvalue weighted by atomic mass is 10.0. The van der Waals surface area contributed by atoms with Crippen LogP contribution in [0.4, 0.5) is 0 Å². The predicted molar refractivity (Wildman–Crippen MR) is 343 cm³/mol. The second kappa shape index (κ2) is 40.2. The summed E-state index contributed by atoms with van der Waals surface area (Å²) in [4.78, 5) is 161. The van der Waals surface area contributed by atoms with Crippen LogP contribution in [-0.4, -0.2) is 247 Å². The van der Waals surface area contributed by atoms with E-state index in [4.69, 9.17) is 45.9 Å². The summed E-state index contributed by atoms with van der Waals surface area (Å²) in [6, 6.07) is -11.4. The summed E-state index contributed by atoms with van der Waals surface area (Å²) in [5.74, 6) is -6.92. The van der Waals surface area contributed by atoms with Crippen LogP contribution in [-0.2, 0) is 52.7 Å². The molecule has 10 amide bonds. The monoisotopic (exact) mass is 1340 g/mol. The third-order valence-corrected chi connectivity index (χ3v) is 17.9. The van der Waals surface area contributed by atoms with Gasteiger partial charge in [0.1, 0.15) is 85.6 Å². The van der Waals surface area contributed by atoms with Crippen molar-refractivity contribution in [2.75, 3.05) is 65.4 Å². The highest BCUT2D eigenvalue weighted by Crippen LogP contribution is 2.28. The number of carbonyl (C=O) groups excluding carboxylic acids is 10. The fourth-order valence-electron chi connectivity index (χ4n) is 12.9. The molecule has 5 saturated heterocycles. The summed E-state index contributed by atoms with van der Waals surface area (Å²) in [6.45, 7) is 4.64. The minimum Gasteiger partial charge on any atom is -0.480 e. The van der Waals surface area contributed by atoms with Gasteiger partial charge in [-0.15, -0.1) is 0 Å². The fraction of sp³-hybridized carbons (Fsp3) is 0.810. The Labute approximate surface area is 549 Å². The van der Waals surface area contributed by atoms with Gasteiger partial charge in [0.05, 0.1) is 13.1 Å². The van der Waals surface area contributed by atoms with Crippen LogP contribution < -0.4 is 110 Å². The lowest BCUT2D eigenvalue weighted by molar-refractivity contribution is -0.657. The van der Waals surface area contributed by atoms with Crippen LogP contribution in [0.15, 0.2) is 0 Å². The molecule has 0 spiro atoms. The van der Waals surface area contributed by atoms with Crippen molar-refractivity contribution in [3.05, 3.63) is 0 Å². The van der Waals surface area contributed by atoms with Crippen molar-refractivity contribution in [3.63, 3.8) is 0 Å². The van der Waals surface area contributed by atoms with E-state index in [9.17, 15) is 57.8 Å². The Kier molecular flexibility index (Phi) is 33.5. The lowest BCUT2D eigenvalue weighted by Gasteiger charge is -2.34. The van der Waals surface area contributed by atoms with Crippen molar-refractivity contribution in [1.29, 1.82) is 0 Å². The SMILES string of the molecule is C[C@H](NC(=O)[C@@H]1CCC[NH2+]1)C(=O)N[C@@H](CCCNC(N)N)C(=O)N1CCC[C@H]1C(=O)N1CCC[C@H]1C(=O)N[C@@H](CCCC[NH3+])C(=O)N1CCC[C@H]1C(=O)N[C@@H](CCCNC(N)N)C(=O)N1CCC[C@H]1C(=O)N[C@@H](CCCNC(N)N)C(=O)N[C@@H](CCCNC(N)N)C(=O)O. The molecule has 5 rings (SSSR count). The van der Waals surface area contributed by atoms with Crippen LogP contribution in [0.5, 0.6) is 0 Å². The number of unbranched alkanes of at least 4 members (excludes halogenated alkanes) is 1. The molecule has 5 fully saturated rings. The zero-order valence-electron chi connectivity index (χ0n) is 54.7. The number of likely N-dealkylation sites (tertiary alicyclic amines) is 4. The molecular weight excluding hydrogens is 1220 g/mol. The highest BCUT2D eigenvalue weighted by Gasteiger charge is 2.47. The van der Waals surface area contributed by atoms with Crippen LogP contribution in [0.1, 0.15) is 142 Å². The third-order valence-electron chi connectivity index (χ3n) is 17.9. The molecule has 0 unspecified atom stereocenters. The molecule has 11 atom stereocenters. The molecule has 5 aliphatic rings. The van der Waals surface area contributed by atoms with Gasteiger partial charge in [0.25, 0.3) is 5.91 Å². The molecule has 32 N–H and O–H groups in total. The van der Waals surface area contributed by atoms with Gasteiger partial charge in [-0.1, -0.05) is 0 Å². The Morgan fingerprint density at radius 2 is 0.787 bits per heavy atom. The average Bonchev–Trinajstić information content (AvgIpc) is 1.60. The molecule has 0 bridgehead atoms. The average molecular weight is 1340 g/mol. The normalized spacial score (nSPS) is 21.7. The van der Waals surface area contributed by atoms with E-state index in [1.165, 1.54) is 19.6 Å². The number of hydrogen-bond acceptors (Lipinski definition) is 23. The molecule has 5 aliphatic heterocycles. The van der Waals surface area contributed by atoms with Crippen LogP contribution in [0.25, 0.3) is 0 Å². The second-order valence-corrected chi connectivity index (χ2v) is 25.2. The first kappa shape index (κ1) is 78.3. The molecule has 36 nitrogen and oxygen atoms in total. The first-order chi connectivity index (χ1) is 44.8. The smallest absolute Gasteiger partial charge is 0.326 e. The minimum absolute atomic E-state index is 0.0108. The Bertz CT molecular complexity index is 2500. The highest BCUT2D eigenvalue weighted by molar-refractivity contribution is 5.99. The number of carbonyl (C=O) groups is 11. The molecule has 0 radical (unpaired) electrons. The summed E-state index contributed by atoms with van der Waals surface area (Å²) in [7, 11) is 0. The lowest BCUT2D eigenvalue weighted by Crippen LogP contribution is -2.89. The fourth-order valence-corrected chi connectivity index (χ4v) is 12.9. The third kappa shape index (κ3) is 24.7. The van der Waals surface area contributed by atoms with E-state index in [-0.39, 0.29) is 128 Å². The molecule has 5 heterocycles. The quantitative estimate of drug-likeness (QED) is 0.0200. The van der Waals surface area contributed by atoms with Crippen LogP contribution in [0, 0.1) is 0 Å². The van der Waals surface area contributed by atoms with Crippen LogP contribution in [0.2, 0.25) is 0 Å². The summed E-state index contributed by atoms with van der Waals surface area (Å²) in [5.41, 5.74) is 49.2. The van der Waals surface area contributed by atoms with Crippen molar-refractivity contribution >= 4 is 65.0 Å². The van der Waals surface area contributed by atoms with Gasteiger partial charge in [-0.2, -0.15) is 0 Å². The number of carboxylic acids is 1. The maximum atomic E-state index is 14.9. The number of nitrogens with one attached hydrogen (secondary N) is 10. The van der Waals surface area contributed by atoms with Crippen molar-refractivity contribution in [2.45, 2.75) is 233 Å². The van der Waals surface area contributed by atoms with E-state index < -0.39 is 145 Å². The van der Waals surface area contributed by atoms with Gasteiger partial charge in [0.2, 0.25) is 53.2 Å². The van der Waals surface area contributed by atoms with E-state index in [2.05, 4.69) is 58.9 Å². The summed E-state index contributed by atoms with van der Waals surface area (Å²) < 4.78 is 0. The number of carboxylic acid groups (broad SMARTS) is 1. The molecule has 0 aliphatic carbocycles. The number of hydrogen-bond donors (Lipinski definition) is 21. The number of nitrogens with zero attached hydrogens (tertiary/aromatic N) is 4. The van der Waals surface area contributed by atoms with E-state index in [0.29, 0.717) is 70.9 Å². The number of nitrogens with two attached hydrogens (primary N) is 9. The van der Waals surface area contributed by atoms with Gasteiger partial charge in [-0.3, -0.25) is 69.2 Å². The number of rotatable bonds is 41. The molecule has 94 heavy (non-hydrogen) atoms. The largest absolute Gasteiger partial charge is 0.480 e. The minimum atomic E-state index is -1.33. The summed E-state index contributed by atoms with van der Waals surface area (Å²) >= 11 is 0. The Hall–Kier alpha value is -6.39. The molecule has 534 valence electrons. The van der Waals surface area contributed by atoms with Crippen LogP contribution >= 0.6 is 0 Å². The van der Waals surface area contributed by atoms with Crippen molar-refractivity contribution < 1.29 is 68.9 Å². The Morgan fingerprint density at radius 1 is 0.426 bits per heavy atom. The predicted octanol–water partition coefficient (Wildman–Crippen LogP) is -10.6. The van der Waals surface area contributed by atoms with Gasteiger partial charge in [-0.25, -0.2) is 4.79 Å². The van der Waals surface area contributed by atoms with Gasteiger partial charge in [0, 0.05) is 39.0 Å². The van der Waals surface area contributed by atoms with Gasteiger partial charge >= 0.3 is 5.97 Å². The molecule has 0 aromatic carbocycles. The van der Waals surface area contributed by atoms with Gasteiger partial charge < -0.3 is 114 Å². The number of amides is 10. The maximum absolute atomic E-state index is 14.9. The maximum Gasteiger partial charge on any atom is 0.326 e. The standard InChI is InChI=1S/C58H110N24O12/c1-33(73-45(84)34-14-4-24-68-34)44(83)75-37(16-6-26-70-56(62)63)52(91)82-32-12-22-43(82)53(92)81-31-11-21-42(81)49(88)76-36(13-2-3-23-59)50(89)80-30-10-20-41(80)48(87)77-38(17-7-27-71-57(64)65)51(90)79-29-9-19-40(79)47(86)74-35(15-5-25-69-55(60)61)46(85)78-39(54(93)94)18-8-28-72-58(66)67/h33-43,55-58,68-72H,2-32,59-67H2,1H3,(H,73,84)(H,74,86)(H,75,83)(H,76,88)(H,77,87)(H,78,85)(H,93,94)/p+2/t33-,34-,35-,36-,37-,38-,39-,40-,41-,42-,43-/m0/s1. The molecular formula is C58H112N24O12+2. The van der Waals surface area contributed by atoms with Gasteiger partial charge in [0.15, 0.2) is 6.04 Å². The first-order valence-electron chi connectivity index (χ1n) is 33.7. The summed E-state index contributed by atoms with van der Waals surface area (Å²) in [6.07, 6.45) is 3.59. The molecule has 0 saturated carbocycles. The topological polar surface area (TPSA) is 594 Å². The molecule has 36 heteroatoms. The Balaban J connectivity index is 1.29. The zero-order valence-corrected chi connectivity index (χ0v) is 54.7. The summed E-state index contributed by atoms with van der Waals surface area (Å²) in [5, 5.41) is 40.0. The molecule has 0 aromatic heterocycles. The van der Waals surface area contributed by atoms with Crippen molar-refractivity contribution in [2.24, 2.45) is 45.9 Å². The van der Waals surface area contributed by atoms with E-state index in [1.54, 1.807) is 6.92 Å². The number of quaternary nitrogens is 2. The second-order valence-electron chi connectivity index (χ2n) is 25.2. The Morgan fingerprint density at radius 3 is 1.20 bits per heavy atom. The first-order valence-corrected chi connectivity index (χ1v) is 33.7. The van der Waals surface area contributed by atoms with Crippen molar-refractivity contribution in [1.82, 2.24) is 72.8 Å². The van der Waals surface area contributed by atoms with E-state index >= 15 is 0 Å². The van der Waals surface area contributed by atoms with E-state index in [0.717, 1.165) is 13.0 Å². The van der Waals surface area contributed by atoms with Gasteiger partial charge in [-0.05, 0) is 155 Å². The van der Waals surface area contributed by atoms with Crippen molar-refractivity contribution in [3.8, 4) is 0 Å². The van der Waals surface area contributed by atoms with E-state index in [1.807, 2.05) is 5.32 Å². The highest BCUT2D eigenvalue weighted by atomic mass is 16.4. The zero-order chi connectivity index (χ0) is 69.0. The molecule has 0 aromatic rings. The number of aliphatic carboxylic acids is 1. The van der Waals surface area contributed by atoms with Crippen LogP contribution in [0.3, 0.4) is 0 Å².